The Bertz CT molecular complexity index is 816. The molecule has 0 bridgehead atoms. The predicted octanol–water partition coefficient (Wildman–Crippen LogP) is 3.52. The number of carbonyl (C=O) groups excluding carboxylic acids is 3. The zero-order valence-electron chi connectivity index (χ0n) is 16.5. The number of carbonyl (C=O) groups is 3. The van der Waals surface area contributed by atoms with Crippen molar-refractivity contribution in [3.63, 3.8) is 0 Å². The lowest BCUT2D eigenvalue weighted by molar-refractivity contribution is -0.134. The summed E-state index contributed by atoms with van der Waals surface area (Å²) in [7, 11) is 0. The average Bonchev–Trinajstić information content (AvgIpc) is 2.93. The molecule has 2 heterocycles. The summed E-state index contributed by atoms with van der Waals surface area (Å²) >= 11 is 6.15. The van der Waals surface area contributed by atoms with Crippen molar-refractivity contribution < 1.29 is 14.4 Å². The fourth-order valence-corrected chi connectivity index (χ4v) is 4.84. The molecule has 8 heteroatoms. The number of hydrogen-bond acceptors (Lipinski definition) is 4. The van der Waals surface area contributed by atoms with Gasteiger partial charge in [-0.15, -0.1) is 0 Å². The second-order valence-corrected chi connectivity index (χ2v) is 8.66. The van der Waals surface area contributed by atoms with Gasteiger partial charge in [0.1, 0.15) is 12.1 Å². The first kappa shape index (κ1) is 20.0. The molecule has 0 unspecified atom stereocenters. The zero-order valence-corrected chi connectivity index (χ0v) is 17.3. The summed E-state index contributed by atoms with van der Waals surface area (Å²) in [5.41, 5.74) is 0.720. The van der Waals surface area contributed by atoms with Gasteiger partial charge in [-0.25, -0.2) is 4.79 Å². The van der Waals surface area contributed by atoms with Crippen LogP contribution in [0.4, 0.5) is 16.2 Å². The van der Waals surface area contributed by atoms with E-state index in [0.717, 1.165) is 55.8 Å². The fourth-order valence-electron chi connectivity index (χ4n) is 4.67. The third-order valence-electron chi connectivity index (χ3n) is 6.18. The Kier molecular flexibility index (Phi) is 5.67. The highest BCUT2D eigenvalue weighted by Gasteiger charge is 2.51. The van der Waals surface area contributed by atoms with Crippen LogP contribution in [0.2, 0.25) is 5.02 Å². The van der Waals surface area contributed by atoms with Gasteiger partial charge in [0, 0.05) is 18.1 Å². The highest BCUT2D eigenvalue weighted by atomic mass is 35.5. The van der Waals surface area contributed by atoms with Crippen molar-refractivity contribution >= 4 is 40.8 Å². The minimum absolute atomic E-state index is 0.278. The number of imide groups is 1. The number of anilines is 2. The van der Waals surface area contributed by atoms with Crippen molar-refractivity contribution in [1.29, 1.82) is 0 Å². The maximum absolute atomic E-state index is 12.9. The largest absolute Gasteiger partial charge is 0.370 e. The van der Waals surface area contributed by atoms with Gasteiger partial charge in [-0.3, -0.25) is 14.5 Å². The Morgan fingerprint density at radius 2 is 1.76 bits per heavy atom. The molecule has 1 aromatic carbocycles. The van der Waals surface area contributed by atoms with E-state index < -0.39 is 17.5 Å². The third kappa shape index (κ3) is 4.06. The minimum Gasteiger partial charge on any atom is -0.370 e. The van der Waals surface area contributed by atoms with Gasteiger partial charge in [-0.1, -0.05) is 30.9 Å². The summed E-state index contributed by atoms with van der Waals surface area (Å²) in [5, 5.41) is 6.23. The number of rotatable bonds is 4. The second kappa shape index (κ2) is 8.22. The van der Waals surface area contributed by atoms with Gasteiger partial charge in [0.05, 0.1) is 11.4 Å². The Hall–Kier alpha value is -2.28. The highest BCUT2D eigenvalue weighted by molar-refractivity contribution is 6.31. The molecule has 0 aromatic heterocycles. The van der Waals surface area contributed by atoms with Crippen molar-refractivity contribution in [1.82, 2.24) is 10.2 Å². The average molecular weight is 419 g/mol. The summed E-state index contributed by atoms with van der Waals surface area (Å²) in [6, 6.07) is 4.96. The number of halogens is 1. The Morgan fingerprint density at radius 1 is 1.07 bits per heavy atom. The number of urea groups is 1. The molecule has 156 valence electrons. The van der Waals surface area contributed by atoms with E-state index in [1.807, 2.05) is 12.1 Å². The Balaban J connectivity index is 1.47. The summed E-state index contributed by atoms with van der Waals surface area (Å²) in [6.45, 7) is 1.57. The Morgan fingerprint density at radius 3 is 2.48 bits per heavy atom. The second-order valence-electron chi connectivity index (χ2n) is 8.22. The van der Waals surface area contributed by atoms with E-state index in [4.69, 9.17) is 11.6 Å². The lowest BCUT2D eigenvalue weighted by Crippen LogP contribution is -2.48. The van der Waals surface area contributed by atoms with E-state index in [1.165, 1.54) is 6.42 Å². The maximum Gasteiger partial charge on any atom is 0.325 e. The SMILES string of the molecule is O=C(CN1C(=O)NC2(CCCCC2)C1=O)Nc1cc(Cl)ccc1N1CCCCC1. The smallest absolute Gasteiger partial charge is 0.325 e. The number of benzene rings is 1. The molecule has 1 saturated carbocycles. The molecule has 29 heavy (non-hydrogen) atoms. The number of nitrogens with one attached hydrogen (secondary N) is 2. The molecule has 4 amide bonds. The summed E-state index contributed by atoms with van der Waals surface area (Å²) in [4.78, 5) is 41.3. The van der Waals surface area contributed by atoms with Gasteiger partial charge >= 0.3 is 6.03 Å². The molecule has 2 saturated heterocycles. The highest BCUT2D eigenvalue weighted by Crippen LogP contribution is 2.34. The molecule has 1 aromatic rings. The molecule has 1 aliphatic carbocycles. The molecule has 3 fully saturated rings. The van der Waals surface area contributed by atoms with E-state index in [2.05, 4.69) is 15.5 Å². The van der Waals surface area contributed by atoms with Crippen LogP contribution >= 0.6 is 11.6 Å². The van der Waals surface area contributed by atoms with Crippen molar-refractivity contribution in [3.05, 3.63) is 23.2 Å². The summed E-state index contributed by atoms with van der Waals surface area (Å²) in [6.07, 6.45) is 7.61. The molecule has 0 radical (unpaired) electrons. The number of nitrogens with zero attached hydrogens (tertiary/aromatic N) is 2. The van der Waals surface area contributed by atoms with Gasteiger partial charge in [0.15, 0.2) is 0 Å². The molecule has 2 N–H and O–H groups in total. The van der Waals surface area contributed by atoms with Gasteiger partial charge < -0.3 is 15.5 Å². The maximum atomic E-state index is 12.9. The quantitative estimate of drug-likeness (QED) is 0.733. The van der Waals surface area contributed by atoms with Gasteiger partial charge in [-0.2, -0.15) is 0 Å². The predicted molar refractivity (Wildman–Crippen MR) is 112 cm³/mol. The fraction of sp³-hybridized carbons (Fsp3) is 0.571. The standard InChI is InChI=1S/C21H27ClN4O3/c22-15-7-8-17(25-11-5-2-6-12-25)16(13-15)23-18(27)14-26-19(28)21(24-20(26)29)9-3-1-4-10-21/h7-8,13H,1-6,9-12,14H2,(H,23,27)(H,24,29). The molecular formula is C21H27ClN4O3. The minimum atomic E-state index is -0.815. The lowest BCUT2D eigenvalue weighted by Gasteiger charge is -2.31. The van der Waals surface area contributed by atoms with Crippen molar-refractivity contribution in [2.75, 3.05) is 29.9 Å². The van der Waals surface area contributed by atoms with Gasteiger partial charge in [-0.05, 0) is 50.3 Å². The van der Waals surface area contributed by atoms with Crippen molar-refractivity contribution in [3.8, 4) is 0 Å². The molecular weight excluding hydrogens is 392 g/mol. The van der Waals surface area contributed by atoms with E-state index in [1.54, 1.807) is 6.07 Å². The molecule has 4 rings (SSSR count). The molecule has 7 nitrogen and oxygen atoms in total. The van der Waals surface area contributed by atoms with E-state index in [9.17, 15) is 14.4 Å². The van der Waals surface area contributed by atoms with Crippen LogP contribution in [-0.2, 0) is 9.59 Å². The van der Waals surface area contributed by atoms with Crippen molar-refractivity contribution in [2.24, 2.45) is 0 Å². The molecule has 2 aliphatic heterocycles. The first-order valence-electron chi connectivity index (χ1n) is 10.5. The van der Waals surface area contributed by atoms with E-state index in [-0.39, 0.29) is 12.5 Å². The van der Waals surface area contributed by atoms with Crippen LogP contribution in [0.15, 0.2) is 18.2 Å². The lowest BCUT2D eigenvalue weighted by atomic mass is 9.82. The Labute approximate surface area is 175 Å². The van der Waals surface area contributed by atoms with Crippen LogP contribution in [0.25, 0.3) is 0 Å². The topological polar surface area (TPSA) is 81.8 Å². The molecule has 3 aliphatic rings. The van der Waals surface area contributed by atoms with Crippen LogP contribution in [0.1, 0.15) is 51.4 Å². The van der Waals surface area contributed by atoms with Gasteiger partial charge in [0.25, 0.3) is 5.91 Å². The number of piperidine rings is 1. The van der Waals surface area contributed by atoms with Crippen molar-refractivity contribution in [2.45, 2.75) is 56.9 Å². The summed E-state index contributed by atoms with van der Waals surface area (Å²) in [5.74, 6) is -0.679. The van der Waals surface area contributed by atoms with Crippen LogP contribution in [-0.4, -0.2) is 47.9 Å². The monoisotopic (exact) mass is 418 g/mol. The van der Waals surface area contributed by atoms with E-state index >= 15 is 0 Å². The first-order chi connectivity index (χ1) is 14.0. The first-order valence-corrected chi connectivity index (χ1v) is 10.8. The zero-order chi connectivity index (χ0) is 20.4. The van der Waals surface area contributed by atoms with Crippen LogP contribution < -0.4 is 15.5 Å². The molecule has 1 spiro atoms. The van der Waals surface area contributed by atoms with Gasteiger partial charge in [0.2, 0.25) is 5.91 Å². The third-order valence-corrected chi connectivity index (χ3v) is 6.42. The van der Waals surface area contributed by atoms with Crippen LogP contribution in [0.3, 0.4) is 0 Å². The van der Waals surface area contributed by atoms with Crippen LogP contribution in [0.5, 0.6) is 0 Å². The van der Waals surface area contributed by atoms with Crippen LogP contribution in [0, 0.1) is 0 Å². The number of hydrogen-bond donors (Lipinski definition) is 2. The number of amides is 4. The van der Waals surface area contributed by atoms with E-state index in [0.29, 0.717) is 23.6 Å². The summed E-state index contributed by atoms with van der Waals surface area (Å²) < 4.78 is 0. The normalized spacial score (nSPS) is 21.4. The molecule has 0 atom stereocenters.